The van der Waals surface area contributed by atoms with Crippen molar-refractivity contribution in [2.24, 2.45) is 0 Å². The van der Waals surface area contributed by atoms with Gasteiger partial charge in [0.1, 0.15) is 0 Å². The van der Waals surface area contributed by atoms with Crippen molar-refractivity contribution in [3.8, 4) is 5.88 Å². The average Bonchev–Trinajstić information content (AvgIpc) is 2.26. The summed E-state index contributed by atoms with van der Waals surface area (Å²) in [5.74, 6) is 0.631. The molecule has 0 aliphatic rings. The van der Waals surface area contributed by atoms with Gasteiger partial charge in [0.25, 0.3) is 0 Å². The maximum atomic E-state index is 5.15. The Morgan fingerprint density at radius 3 is 2.50 bits per heavy atom. The number of aromatic nitrogens is 2. The number of fused-ring (bicyclic) bond motifs is 1. The van der Waals surface area contributed by atoms with Crippen molar-refractivity contribution in [1.29, 1.82) is 0 Å². The fourth-order valence-electron chi connectivity index (χ4n) is 1.73. The highest BCUT2D eigenvalue weighted by Gasteiger charge is 2.18. The van der Waals surface area contributed by atoms with E-state index in [-0.39, 0.29) is 5.41 Å². The molecule has 0 aliphatic heterocycles. The van der Waals surface area contributed by atoms with Crippen LogP contribution in [0.4, 0.5) is 0 Å². The highest BCUT2D eigenvalue weighted by molar-refractivity contribution is 5.79. The van der Waals surface area contributed by atoms with Crippen molar-refractivity contribution >= 4 is 11.0 Å². The fourth-order valence-corrected chi connectivity index (χ4v) is 1.73. The van der Waals surface area contributed by atoms with Gasteiger partial charge in [0, 0.05) is 12.3 Å². The van der Waals surface area contributed by atoms with Gasteiger partial charge in [-0.15, -0.1) is 0 Å². The van der Waals surface area contributed by atoms with E-state index in [9.17, 15) is 0 Å². The van der Waals surface area contributed by atoms with Crippen molar-refractivity contribution in [1.82, 2.24) is 9.97 Å². The summed E-state index contributed by atoms with van der Waals surface area (Å²) >= 11 is 0. The van der Waals surface area contributed by atoms with Crippen LogP contribution in [0.3, 0.4) is 0 Å². The molecule has 2 rings (SSSR count). The standard InChI is InChI=1S/C13H16N2O/c1-13(2,3)9-7-8-14-10-5-6-11(16-4)15-12(9)10/h5-8H,1-4H3. The van der Waals surface area contributed by atoms with E-state index in [1.54, 1.807) is 7.11 Å². The molecule has 16 heavy (non-hydrogen) atoms. The van der Waals surface area contributed by atoms with Crippen LogP contribution in [0.5, 0.6) is 5.88 Å². The maximum Gasteiger partial charge on any atom is 0.213 e. The predicted octanol–water partition coefficient (Wildman–Crippen LogP) is 2.94. The third kappa shape index (κ3) is 1.85. The molecule has 0 atom stereocenters. The summed E-state index contributed by atoms with van der Waals surface area (Å²) in [5, 5.41) is 0. The number of pyridine rings is 2. The van der Waals surface area contributed by atoms with Crippen LogP contribution in [0, 0.1) is 0 Å². The van der Waals surface area contributed by atoms with Crippen LogP contribution in [0.15, 0.2) is 24.4 Å². The molecule has 0 saturated carbocycles. The Bertz CT molecular complexity index is 515. The SMILES string of the molecule is COc1ccc2nccc(C(C)(C)C)c2n1. The zero-order chi connectivity index (χ0) is 11.8. The van der Waals surface area contributed by atoms with Gasteiger partial charge < -0.3 is 4.74 Å². The number of nitrogens with zero attached hydrogens (tertiary/aromatic N) is 2. The van der Waals surface area contributed by atoms with Gasteiger partial charge in [-0.05, 0) is 23.1 Å². The van der Waals surface area contributed by atoms with Gasteiger partial charge >= 0.3 is 0 Å². The molecule has 0 N–H and O–H groups in total. The molecular weight excluding hydrogens is 200 g/mol. The molecule has 84 valence electrons. The second-order valence-electron chi connectivity index (χ2n) is 4.83. The van der Waals surface area contributed by atoms with Crippen LogP contribution < -0.4 is 4.74 Å². The first kappa shape index (κ1) is 10.9. The molecule has 2 aromatic heterocycles. The van der Waals surface area contributed by atoms with Gasteiger partial charge in [-0.25, -0.2) is 4.98 Å². The zero-order valence-electron chi connectivity index (χ0n) is 10.1. The molecule has 0 aliphatic carbocycles. The molecule has 0 spiro atoms. The van der Waals surface area contributed by atoms with Crippen LogP contribution in [-0.4, -0.2) is 17.1 Å². The Morgan fingerprint density at radius 1 is 1.12 bits per heavy atom. The van der Waals surface area contributed by atoms with Crippen molar-refractivity contribution in [3.05, 3.63) is 30.0 Å². The lowest BCUT2D eigenvalue weighted by Gasteiger charge is -2.20. The van der Waals surface area contributed by atoms with Crippen molar-refractivity contribution in [2.75, 3.05) is 7.11 Å². The molecule has 0 saturated heterocycles. The van der Waals surface area contributed by atoms with Gasteiger partial charge in [-0.3, -0.25) is 4.98 Å². The van der Waals surface area contributed by atoms with E-state index >= 15 is 0 Å². The lowest BCUT2D eigenvalue weighted by atomic mass is 9.86. The first-order valence-corrected chi connectivity index (χ1v) is 5.32. The molecule has 0 fully saturated rings. The summed E-state index contributed by atoms with van der Waals surface area (Å²) in [6, 6.07) is 5.80. The van der Waals surface area contributed by atoms with E-state index < -0.39 is 0 Å². The quantitative estimate of drug-likeness (QED) is 0.735. The van der Waals surface area contributed by atoms with Crippen LogP contribution in [0.2, 0.25) is 0 Å². The Labute approximate surface area is 95.5 Å². The van der Waals surface area contributed by atoms with E-state index in [4.69, 9.17) is 4.74 Å². The highest BCUT2D eigenvalue weighted by atomic mass is 16.5. The molecule has 3 heteroatoms. The summed E-state index contributed by atoms with van der Waals surface area (Å²) in [5.41, 5.74) is 3.08. The van der Waals surface area contributed by atoms with Crippen LogP contribution in [0.1, 0.15) is 26.3 Å². The van der Waals surface area contributed by atoms with Crippen molar-refractivity contribution in [3.63, 3.8) is 0 Å². The van der Waals surface area contributed by atoms with E-state index in [0.717, 1.165) is 11.0 Å². The van der Waals surface area contributed by atoms with E-state index in [1.807, 2.05) is 24.4 Å². The summed E-state index contributed by atoms with van der Waals surface area (Å²) in [6.07, 6.45) is 1.83. The Kier molecular flexibility index (Phi) is 2.54. The number of hydrogen-bond acceptors (Lipinski definition) is 3. The third-order valence-corrected chi connectivity index (χ3v) is 2.58. The zero-order valence-corrected chi connectivity index (χ0v) is 10.1. The Hall–Kier alpha value is -1.64. The fraction of sp³-hybridized carbons (Fsp3) is 0.385. The second kappa shape index (κ2) is 3.74. The summed E-state index contributed by atoms with van der Waals surface area (Å²) in [7, 11) is 1.63. The first-order chi connectivity index (χ1) is 7.52. The number of ether oxygens (including phenoxy) is 1. The van der Waals surface area contributed by atoms with Crippen LogP contribution >= 0.6 is 0 Å². The molecule has 0 amide bonds. The van der Waals surface area contributed by atoms with Crippen LogP contribution in [-0.2, 0) is 5.41 Å². The number of rotatable bonds is 1. The Morgan fingerprint density at radius 2 is 1.88 bits per heavy atom. The minimum Gasteiger partial charge on any atom is -0.481 e. The van der Waals surface area contributed by atoms with Gasteiger partial charge in [0.15, 0.2) is 0 Å². The van der Waals surface area contributed by atoms with E-state index in [1.165, 1.54) is 5.56 Å². The number of methoxy groups -OCH3 is 1. The Balaban J connectivity index is 2.74. The molecule has 2 heterocycles. The first-order valence-electron chi connectivity index (χ1n) is 5.32. The summed E-state index contributed by atoms with van der Waals surface area (Å²) < 4.78 is 5.15. The maximum absolute atomic E-state index is 5.15. The van der Waals surface area contributed by atoms with Gasteiger partial charge in [0.05, 0.1) is 18.1 Å². The monoisotopic (exact) mass is 216 g/mol. The van der Waals surface area contributed by atoms with E-state index in [2.05, 4.69) is 30.7 Å². The molecule has 3 nitrogen and oxygen atoms in total. The minimum absolute atomic E-state index is 0.0561. The molecule has 0 aromatic carbocycles. The molecule has 0 radical (unpaired) electrons. The molecule has 0 bridgehead atoms. The smallest absolute Gasteiger partial charge is 0.213 e. The van der Waals surface area contributed by atoms with Crippen LogP contribution in [0.25, 0.3) is 11.0 Å². The summed E-state index contributed by atoms with van der Waals surface area (Å²) in [6.45, 7) is 6.51. The molecule has 2 aromatic rings. The lowest BCUT2D eigenvalue weighted by Crippen LogP contribution is -2.12. The van der Waals surface area contributed by atoms with Crippen molar-refractivity contribution < 1.29 is 4.74 Å². The second-order valence-corrected chi connectivity index (χ2v) is 4.83. The highest BCUT2D eigenvalue weighted by Crippen LogP contribution is 2.28. The van der Waals surface area contributed by atoms with Crippen molar-refractivity contribution in [2.45, 2.75) is 26.2 Å². The molecule has 0 unspecified atom stereocenters. The minimum atomic E-state index is 0.0561. The summed E-state index contributed by atoms with van der Waals surface area (Å²) in [4.78, 5) is 8.79. The van der Waals surface area contributed by atoms with Gasteiger partial charge in [0.2, 0.25) is 5.88 Å². The van der Waals surface area contributed by atoms with Gasteiger partial charge in [-0.1, -0.05) is 20.8 Å². The third-order valence-electron chi connectivity index (χ3n) is 2.58. The average molecular weight is 216 g/mol. The van der Waals surface area contributed by atoms with E-state index in [0.29, 0.717) is 5.88 Å². The largest absolute Gasteiger partial charge is 0.481 e. The van der Waals surface area contributed by atoms with Gasteiger partial charge in [-0.2, -0.15) is 0 Å². The normalized spacial score (nSPS) is 11.8. The molecular formula is C13H16N2O. The predicted molar refractivity (Wildman–Crippen MR) is 64.8 cm³/mol. The topological polar surface area (TPSA) is 35.0 Å². The number of hydrogen-bond donors (Lipinski definition) is 0. The lowest BCUT2D eigenvalue weighted by molar-refractivity contribution is 0.399.